The van der Waals surface area contributed by atoms with Gasteiger partial charge in [0.05, 0.1) is 22.3 Å². The molecule has 0 saturated heterocycles. The SMILES string of the molecule is COc1cccc2sc(NNC(=O)c3ccccc3S(C)(=O)=O)nc12. The zero-order valence-corrected chi connectivity index (χ0v) is 15.1. The van der Waals surface area contributed by atoms with E-state index >= 15 is 0 Å². The fourth-order valence-electron chi connectivity index (χ4n) is 2.30. The maximum Gasteiger partial charge on any atom is 0.270 e. The Hall–Kier alpha value is -2.65. The first kappa shape index (κ1) is 17.2. The fourth-order valence-corrected chi connectivity index (χ4v) is 4.02. The number of carbonyl (C=O) groups is 1. The number of amides is 1. The molecule has 2 N–H and O–H groups in total. The highest BCUT2D eigenvalue weighted by Gasteiger charge is 2.18. The summed E-state index contributed by atoms with van der Waals surface area (Å²) in [5, 5.41) is 0.463. The second-order valence-electron chi connectivity index (χ2n) is 5.17. The number of methoxy groups -OCH3 is 1. The molecular weight excluding hydrogens is 362 g/mol. The summed E-state index contributed by atoms with van der Waals surface area (Å²) in [7, 11) is -1.95. The van der Waals surface area contributed by atoms with E-state index in [0.29, 0.717) is 16.4 Å². The molecule has 9 heteroatoms. The first-order chi connectivity index (χ1) is 11.9. The van der Waals surface area contributed by atoms with Gasteiger partial charge in [-0.3, -0.25) is 15.6 Å². The zero-order chi connectivity index (χ0) is 18.0. The number of rotatable bonds is 5. The summed E-state index contributed by atoms with van der Waals surface area (Å²) in [6, 6.07) is 11.6. The highest BCUT2D eigenvalue weighted by atomic mass is 32.2. The fraction of sp³-hybridized carbons (Fsp3) is 0.125. The quantitative estimate of drug-likeness (QED) is 0.663. The summed E-state index contributed by atoms with van der Waals surface area (Å²) in [4.78, 5) is 16.7. The molecule has 0 atom stereocenters. The molecule has 0 bridgehead atoms. The van der Waals surface area contributed by atoms with Crippen LogP contribution in [-0.4, -0.2) is 32.7 Å². The number of aromatic nitrogens is 1. The number of hydrogen-bond donors (Lipinski definition) is 2. The zero-order valence-electron chi connectivity index (χ0n) is 13.4. The molecule has 7 nitrogen and oxygen atoms in total. The van der Waals surface area contributed by atoms with Gasteiger partial charge in [-0.15, -0.1) is 0 Å². The Balaban J connectivity index is 1.82. The molecule has 0 saturated carbocycles. The minimum Gasteiger partial charge on any atom is -0.494 e. The van der Waals surface area contributed by atoms with Gasteiger partial charge >= 0.3 is 0 Å². The number of anilines is 1. The molecular formula is C16H15N3O4S2. The van der Waals surface area contributed by atoms with E-state index in [2.05, 4.69) is 15.8 Å². The summed E-state index contributed by atoms with van der Waals surface area (Å²) in [5.41, 5.74) is 5.95. The summed E-state index contributed by atoms with van der Waals surface area (Å²) < 4.78 is 29.7. The maximum absolute atomic E-state index is 12.3. The molecule has 0 unspecified atom stereocenters. The average molecular weight is 377 g/mol. The van der Waals surface area contributed by atoms with E-state index in [1.165, 1.54) is 23.5 Å². The number of carbonyl (C=O) groups excluding carboxylic acids is 1. The van der Waals surface area contributed by atoms with Gasteiger partial charge in [0.25, 0.3) is 5.91 Å². The lowest BCUT2D eigenvalue weighted by molar-refractivity contribution is 0.0959. The van der Waals surface area contributed by atoms with Crippen LogP contribution in [0, 0.1) is 0 Å². The standard InChI is InChI=1S/C16H15N3O4S2/c1-23-11-7-5-8-12-14(11)17-16(24-12)19-18-15(20)10-6-3-4-9-13(10)25(2,21)22/h3-9H,1-2H3,(H,17,19)(H,18,20). The minimum atomic E-state index is -3.51. The first-order valence-corrected chi connectivity index (χ1v) is 9.90. The Morgan fingerprint density at radius 1 is 1.16 bits per heavy atom. The van der Waals surface area contributed by atoms with Gasteiger partial charge in [0.2, 0.25) is 5.13 Å². The van der Waals surface area contributed by atoms with Crippen molar-refractivity contribution in [3.8, 4) is 5.75 Å². The number of para-hydroxylation sites is 1. The van der Waals surface area contributed by atoms with Crippen molar-refractivity contribution in [1.82, 2.24) is 10.4 Å². The van der Waals surface area contributed by atoms with Crippen molar-refractivity contribution < 1.29 is 17.9 Å². The van der Waals surface area contributed by atoms with Crippen molar-refractivity contribution >= 4 is 42.4 Å². The summed E-state index contributed by atoms with van der Waals surface area (Å²) >= 11 is 1.34. The van der Waals surface area contributed by atoms with E-state index in [1.807, 2.05) is 12.1 Å². The minimum absolute atomic E-state index is 0.0275. The van der Waals surface area contributed by atoms with Crippen molar-refractivity contribution in [2.45, 2.75) is 4.90 Å². The molecule has 130 valence electrons. The van der Waals surface area contributed by atoms with Crippen molar-refractivity contribution in [3.05, 3.63) is 48.0 Å². The third-order valence-corrected chi connectivity index (χ3v) is 5.51. The van der Waals surface area contributed by atoms with Gasteiger partial charge in [-0.05, 0) is 24.3 Å². The molecule has 3 aromatic rings. The molecule has 0 spiro atoms. The van der Waals surface area contributed by atoms with E-state index < -0.39 is 15.7 Å². The van der Waals surface area contributed by atoms with Crippen molar-refractivity contribution in [2.24, 2.45) is 0 Å². The van der Waals surface area contributed by atoms with Crippen LogP contribution in [0.3, 0.4) is 0 Å². The van der Waals surface area contributed by atoms with E-state index in [4.69, 9.17) is 4.74 Å². The molecule has 1 heterocycles. The van der Waals surface area contributed by atoms with Crippen LogP contribution in [0.4, 0.5) is 5.13 Å². The average Bonchev–Trinajstić information content (AvgIpc) is 3.02. The van der Waals surface area contributed by atoms with Crippen LogP contribution in [0.2, 0.25) is 0 Å². The predicted molar refractivity (Wildman–Crippen MR) is 96.8 cm³/mol. The number of thiazole rings is 1. The van der Waals surface area contributed by atoms with Crippen LogP contribution in [0.25, 0.3) is 10.2 Å². The largest absolute Gasteiger partial charge is 0.494 e. The lowest BCUT2D eigenvalue weighted by Gasteiger charge is -2.09. The number of ether oxygens (including phenoxy) is 1. The Kier molecular flexibility index (Phi) is 4.60. The Morgan fingerprint density at radius 3 is 2.64 bits per heavy atom. The molecule has 1 aromatic heterocycles. The van der Waals surface area contributed by atoms with Crippen molar-refractivity contribution in [1.29, 1.82) is 0 Å². The van der Waals surface area contributed by atoms with E-state index in [0.717, 1.165) is 11.0 Å². The van der Waals surface area contributed by atoms with Gasteiger partial charge in [0.1, 0.15) is 11.3 Å². The molecule has 0 aliphatic carbocycles. The van der Waals surface area contributed by atoms with E-state index in [-0.39, 0.29) is 10.5 Å². The third kappa shape index (κ3) is 3.57. The van der Waals surface area contributed by atoms with Crippen LogP contribution in [0.15, 0.2) is 47.4 Å². The highest BCUT2D eigenvalue weighted by Crippen LogP contribution is 2.31. The maximum atomic E-state index is 12.3. The molecule has 25 heavy (non-hydrogen) atoms. The number of sulfone groups is 1. The molecule has 0 aliphatic rings. The Morgan fingerprint density at radius 2 is 1.92 bits per heavy atom. The Bertz CT molecular complexity index is 1040. The first-order valence-electron chi connectivity index (χ1n) is 7.19. The molecule has 2 aromatic carbocycles. The van der Waals surface area contributed by atoms with Gasteiger partial charge in [0, 0.05) is 6.26 Å². The van der Waals surface area contributed by atoms with E-state index in [1.54, 1.807) is 25.3 Å². The molecule has 0 radical (unpaired) electrons. The number of fused-ring (bicyclic) bond motifs is 1. The molecule has 0 aliphatic heterocycles. The molecule has 3 rings (SSSR count). The van der Waals surface area contributed by atoms with Crippen LogP contribution >= 0.6 is 11.3 Å². The smallest absolute Gasteiger partial charge is 0.270 e. The summed E-state index contributed by atoms with van der Waals surface area (Å²) in [6.07, 6.45) is 1.06. The second kappa shape index (κ2) is 6.69. The lowest BCUT2D eigenvalue weighted by atomic mass is 10.2. The van der Waals surface area contributed by atoms with Crippen molar-refractivity contribution in [3.63, 3.8) is 0 Å². The van der Waals surface area contributed by atoms with Gasteiger partial charge in [-0.1, -0.05) is 29.5 Å². The monoisotopic (exact) mass is 377 g/mol. The summed E-state index contributed by atoms with van der Waals surface area (Å²) in [6.45, 7) is 0. The number of benzene rings is 2. The van der Waals surface area contributed by atoms with Crippen LogP contribution < -0.4 is 15.6 Å². The van der Waals surface area contributed by atoms with Crippen LogP contribution in [-0.2, 0) is 9.84 Å². The predicted octanol–water partition coefficient (Wildman–Crippen LogP) is 2.47. The van der Waals surface area contributed by atoms with Crippen LogP contribution in [0.1, 0.15) is 10.4 Å². The van der Waals surface area contributed by atoms with Gasteiger partial charge in [-0.25, -0.2) is 13.4 Å². The number of hydrazine groups is 1. The summed E-state index contributed by atoms with van der Waals surface area (Å²) in [5.74, 6) is 0.0720. The molecule has 0 fully saturated rings. The van der Waals surface area contributed by atoms with Gasteiger partial charge < -0.3 is 4.74 Å². The number of hydrogen-bond acceptors (Lipinski definition) is 7. The number of nitrogens with one attached hydrogen (secondary N) is 2. The highest BCUT2D eigenvalue weighted by molar-refractivity contribution is 7.90. The van der Waals surface area contributed by atoms with E-state index in [9.17, 15) is 13.2 Å². The van der Waals surface area contributed by atoms with Gasteiger partial charge in [0.15, 0.2) is 9.84 Å². The van der Waals surface area contributed by atoms with Crippen LogP contribution in [0.5, 0.6) is 5.75 Å². The third-order valence-electron chi connectivity index (χ3n) is 3.42. The Labute approximate surface area is 148 Å². The van der Waals surface area contributed by atoms with Crippen molar-refractivity contribution in [2.75, 3.05) is 18.8 Å². The lowest BCUT2D eigenvalue weighted by Crippen LogP contribution is -2.30. The molecule has 1 amide bonds. The second-order valence-corrected chi connectivity index (χ2v) is 8.19. The number of nitrogens with zero attached hydrogens (tertiary/aromatic N) is 1. The van der Waals surface area contributed by atoms with Gasteiger partial charge in [-0.2, -0.15) is 0 Å². The normalized spacial score (nSPS) is 11.3. The topological polar surface area (TPSA) is 97.4 Å².